The minimum Gasteiger partial charge on any atom is -0.315 e. The predicted octanol–water partition coefficient (Wildman–Crippen LogP) is 1.96. The van der Waals surface area contributed by atoms with E-state index in [1.54, 1.807) is 4.31 Å². The van der Waals surface area contributed by atoms with E-state index < -0.39 is 10.0 Å². The van der Waals surface area contributed by atoms with Gasteiger partial charge in [0.2, 0.25) is 10.0 Å². The Balaban J connectivity index is 1.90. The van der Waals surface area contributed by atoms with Crippen LogP contribution in [0.5, 0.6) is 0 Å². The van der Waals surface area contributed by atoms with E-state index >= 15 is 0 Å². The highest BCUT2D eigenvalue weighted by molar-refractivity contribution is 7.88. The number of rotatable bonds is 4. The van der Waals surface area contributed by atoms with E-state index in [-0.39, 0.29) is 6.04 Å². The van der Waals surface area contributed by atoms with Gasteiger partial charge in [0.05, 0.1) is 6.26 Å². The van der Waals surface area contributed by atoms with Crippen LogP contribution in [0, 0.1) is 0 Å². The van der Waals surface area contributed by atoms with E-state index in [4.69, 9.17) is 0 Å². The lowest BCUT2D eigenvalue weighted by atomic mass is 10.1. The van der Waals surface area contributed by atoms with E-state index in [0.29, 0.717) is 6.54 Å². The highest BCUT2D eigenvalue weighted by atomic mass is 32.2. The molecule has 0 bridgehead atoms. The molecule has 112 valence electrons. The van der Waals surface area contributed by atoms with Gasteiger partial charge in [0.25, 0.3) is 0 Å². The Kier molecular flexibility index (Phi) is 3.97. The van der Waals surface area contributed by atoms with Crippen LogP contribution in [-0.2, 0) is 16.6 Å². The molecular weight excluding hydrogens is 284 g/mol. The summed E-state index contributed by atoms with van der Waals surface area (Å²) in [6.45, 7) is 2.06. The van der Waals surface area contributed by atoms with Crippen molar-refractivity contribution in [2.45, 2.75) is 19.0 Å². The third kappa shape index (κ3) is 3.26. The van der Waals surface area contributed by atoms with Crippen LogP contribution in [0.1, 0.15) is 12.0 Å². The standard InChI is InChI=1S/C16H20N2O2S/c1-21(19,20)18(16-8-9-17-11-16)12-13-6-7-14-4-2-3-5-15(14)10-13/h2-7,10,16-17H,8-9,11-12H2,1H3/t16-/m1/s1. The molecule has 1 heterocycles. The lowest BCUT2D eigenvalue weighted by Gasteiger charge is -2.26. The van der Waals surface area contributed by atoms with Crippen molar-refractivity contribution in [3.8, 4) is 0 Å². The molecule has 0 radical (unpaired) electrons. The molecule has 4 nitrogen and oxygen atoms in total. The molecule has 0 amide bonds. The molecule has 0 aromatic heterocycles. The maximum absolute atomic E-state index is 12.1. The van der Waals surface area contributed by atoms with Gasteiger partial charge in [0, 0.05) is 19.1 Å². The normalized spacial score (nSPS) is 19.4. The van der Waals surface area contributed by atoms with E-state index in [0.717, 1.165) is 30.5 Å². The maximum Gasteiger partial charge on any atom is 0.211 e. The van der Waals surface area contributed by atoms with Gasteiger partial charge in [-0.3, -0.25) is 0 Å². The Morgan fingerprint density at radius 3 is 2.62 bits per heavy atom. The Labute approximate surface area is 125 Å². The van der Waals surface area contributed by atoms with Crippen LogP contribution in [0.3, 0.4) is 0 Å². The first-order valence-electron chi connectivity index (χ1n) is 7.19. The summed E-state index contributed by atoms with van der Waals surface area (Å²) in [7, 11) is -3.21. The summed E-state index contributed by atoms with van der Waals surface area (Å²) in [5.41, 5.74) is 1.03. The van der Waals surface area contributed by atoms with Gasteiger partial charge in [-0.25, -0.2) is 8.42 Å². The van der Waals surface area contributed by atoms with Crippen LogP contribution in [0.25, 0.3) is 10.8 Å². The third-order valence-electron chi connectivity index (χ3n) is 4.02. The molecule has 0 spiro atoms. The predicted molar refractivity (Wildman–Crippen MR) is 85.6 cm³/mol. The summed E-state index contributed by atoms with van der Waals surface area (Å²) in [6.07, 6.45) is 2.17. The molecule has 0 aliphatic carbocycles. The zero-order valence-electron chi connectivity index (χ0n) is 12.1. The summed E-state index contributed by atoms with van der Waals surface area (Å²) >= 11 is 0. The largest absolute Gasteiger partial charge is 0.315 e. The van der Waals surface area contributed by atoms with Gasteiger partial charge in [-0.05, 0) is 35.4 Å². The van der Waals surface area contributed by atoms with Gasteiger partial charge < -0.3 is 5.32 Å². The van der Waals surface area contributed by atoms with Crippen molar-refractivity contribution < 1.29 is 8.42 Å². The number of sulfonamides is 1. The fourth-order valence-electron chi connectivity index (χ4n) is 2.92. The molecule has 2 aromatic rings. The van der Waals surface area contributed by atoms with Crippen molar-refractivity contribution >= 4 is 20.8 Å². The number of benzene rings is 2. The third-order valence-corrected chi connectivity index (χ3v) is 5.30. The lowest BCUT2D eigenvalue weighted by molar-refractivity contribution is 0.331. The van der Waals surface area contributed by atoms with Gasteiger partial charge in [-0.2, -0.15) is 4.31 Å². The van der Waals surface area contributed by atoms with Gasteiger partial charge in [0.1, 0.15) is 0 Å². The van der Waals surface area contributed by atoms with Crippen LogP contribution < -0.4 is 5.32 Å². The topological polar surface area (TPSA) is 49.4 Å². The number of nitrogens with one attached hydrogen (secondary N) is 1. The molecular formula is C16H20N2O2S. The first kappa shape index (κ1) is 14.5. The Bertz CT molecular complexity index is 737. The van der Waals surface area contributed by atoms with Crippen molar-refractivity contribution in [3.05, 3.63) is 48.0 Å². The van der Waals surface area contributed by atoms with Crippen LogP contribution >= 0.6 is 0 Å². The summed E-state index contributed by atoms with van der Waals surface area (Å²) in [5, 5.41) is 5.56. The van der Waals surface area contributed by atoms with Crippen molar-refractivity contribution in [2.24, 2.45) is 0 Å². The quantitative estimate of drug-likeness (QED) is 0.939. The van der Waals surface area contributed by atoms with Crippen LogP contribution in [0.2, 0.25) is 0 Å². The smallest absolute Gasteiger partial charge is 0.211 e. The SMILES string of the molecule is CS(=O)(=O)N(Cc1ccc2ccccc2c1)[C@@H]1CCNC1. The molecule has 1 aliphatic heterocycles. The second-order valence-electron chi connectivity index (χ2n) is 5.64. The van der Waals surface area contributed by atoms with E-state index in [1.807, 2.05) is 18.2 Å². The minimum atomic E-state index is -3.21. The van der Waals surface area contributed by atoms with Gasteiger partial charge in [0.15, 0.2) is 0 Å². The zero-order valence-corrected chi connectivity index (χ0v) is 12.9. The summed E-state index contributed by atoms with van der Waals surface area (Å²) < 4.78 is 25.8. The van der Waals surface area contributed by atoms with E-state index in [2.05, 4.69) is 29.6 Å². The zero-order chi connectivity index (χ0) is 14.9. The Morgan fingerprint density at radius 2 is 1.95 bits per heavy atom. The Morgan fingerprint density at radius 1 is 1.19 bits per heavy atom. The monoisotopic (exact) mass is 304 g/mol. The molecule has 1 aliphatic rings. The molecule has 21 heavy (non-hydrogen) atoms. The Hall–Kier alpha value is -1.43. The number of hydrogen-bond donors (Lipinski definition) is 1. The summed E-state index contributed by atoms with van der Waals surface area (Å²) in [4.78, 5) is 0. The fourth-order valence-corrected chi connectivity index (χ4v) is 4.02. The van der Waals surface area contributed by atoms with Gasteiger partial charge in [-0.15, -0.1) is 0 Å². The number of hydrogen-bond acceptors (Lipinski definition) is 3. The second kappa shape index (κ2) is 5.75. The van der Waals surface area contributed by atoms with Gasteiger partial charge >= 0.3 is 0 Å². The molecule has 5 heteroatoms. The molecule has 1 atom stereocenters. The molecule has 1 fully saturated rings. The molecule has 0 saturated carbocycles. The second-order valence-corrected chi connectivity index (χ2v) is 7.57. The van der Waals surface area contributed by atoms with Crippen molar-refractivity contribution in [1.82, 2.24) is 9.62 Å². The van der Waals surface area contributed by atoms with Gasteiger partial charge in [-0.1, -0.05) is 36.4 Å². The minimum absolute atomic E-state index is 0.0615. The van der Waals surface area contributed by atoms with Crippen LogP contribution in [0.15, 0.2) is 42.5 Å². The first-order chi connectivity index (χ1) is 10.0. The van der Waals surface area contributed by atoms with Crippen molar-refractivity contribution in [3.63, 3.8) is 0 Å². The van der Waals surface area contributed by atoms with Crippen molar-refractivity contribution in [1.29, 1.82) is 0 Å². The average molecular weight is 304 g/mol. The van der Waals surface area contributed by atoms with Crippen LogP contribution in [0.4, 0.5) is 0 Å². The molecule has 2 aromatic carbocycles. The molecule has 0 unspecified atom stereocenters. The van der Waals surface area contributed by atoms with Crippen molar-refractivity contribution in [2.75, 3.05) is 19.3 Å². The van der Waals surface area contributed by atoms with E-state index in [9.17, 15) is 8.42 Å². The summed E-state index contributed by atoms with van der Waals surface area (Å²) in [5.74, 6) is 0. The van der Waals surface area contributed by atoms with Crippen LogP contribution in [-0.4, -0.2) is 38.1 Å². The molecule has 1 saturated heterocycles. The first-order valence-corrected chi connectivity index (χ1v) is 9.04. The highest BCUT2D eigenvalue weighted by Gasteiger charge is 2.29. The average Bonchev–Trinajstić information content (AvgIpc) is 2.97. The lowest BCUT2D eigenvalue weighted by Crippen LogP contribution is -2.40. The number of fused-ring (bicyclic) bond motifs is 1. The maximum atomic E-state index is 12.1. The summed E-state index contributed by atoms with van der Waals surface area (Å²) in [6, 6.07) is 14.3. The van der Waals surface area contributed by atoms with E-state index in [1.165, 1.54) is 11.6 Å². The highest BCUT2D eigenvalue weighted by Crippen LogP contribution is 2.20. The fraction of sp³-hybridized carbons (Fsp3) is 0.375. The molecule has 3 rings (SSSR count). The molecule has 1 N–H and O–H groups in total. The number of nitrogens with zero attached hydrogens (tertiary/aromatic N) is 1.